The average Bonchev–Trinajstić information content (AvgIpc) is 2.25. The number of rotatable bonds is 3. The smallest absolute Gasteiger partial charge is 0.430 e. The number of hydrogen-bond donors (Lipinski definition) is 0. The fraction of sp³-hybridized carbons (Fsp3) is 0.643. The molecule has 0 saturated heterocycles. The Balaban J connectivity index is 2.73. The van der Waals surface area contributed by atoms with Crippen molar-refractivity contribution in [1.29, 1.82) is 0 Å². The fourth-order valence-electron chi connectivity index (χ4n) is 2.04. The van der Waals surface area contributed by atoms with Gasteiger partial charge in [-0.2, -0.15) is 0 Å². The minimum atomic E-state index is -0.622. The SMILES string of the molecule is C=CCOC(=O)OC1=C(C(C)(C)C)CCCC1. The molecule has 0 aromatic rings. The van der Waals surface area contributed by atoms with Gasteiger partial charge in [0.15, 0.2) is 0 Å². The molecule has 0 bridgehead atoms. The zero-order chi connectivity index (χ0) is 12.9. The van der Waals surface area contributed by atoms with Gasteiger partial charge in [0.25, 0.3) is 0 Å². The van der Waals surface area contributed by atoms with Crippen LogP contribution in [0.3, 0.4) is 0 Å². The number of ether oxygens (including phenoxy) is 2. The molecule has 3 nitrogen and oxygen atoms in total. The van der Waals surface area contributed by atoms with Gasteiger partial charge in [-0.05, 0) is 30.3 Å². The second-order valence-corrected chi connectivity index (χ2v) is 5.31. The van der Waals surface area contributed by atoms with E-state index in [1.807, 2.05) is 0 Å². The summed E-state index contributed by atoms with van der Waals surface area (Å²) in [7, 11) is 0. The molecule has 0 amide bonds. The minimum Gasteiger partial charge on any atom is -0.430 e. The van der Waals surface area contributed by atoms with E-state index in [1.165, 1.54) is 18.1 Å². The second kappa shape index (κ2) is 5.89. The number of carbonyl (C=O) groups is 1. The molecule has 0 saturated carbocycles. The van der Waals surface area contributed by atoms with Crippen molar-refractivity contribution >= 4 is 6.16 Å². The van der Waals surface area contributed by atoms with Gasteiger partial charge in [0, 0.05) is 6.42 Å². The van der Waals surface area contributed by atoms with Crippen LogP contribution in [0.5, 0.6) is 0 Å². The molecule has 1 rings (SSSR count). The first-order valence-corrected chi connectivity index (χ1v) is 6.13. The van der Waals surface area contributed by atoms with Gasteiger partial charge in [-0.25, -0.2) is 4.79 Å². The number of hydrogen-bond acceptors (Lipinski definition) is 3. The summed E-state index contributed by atoms with van der Waals surface area (Å²) >= 11 is 0. The summed E-state index contributed by atoms with van der Waals surface area (Å²) < 4.78 is 10.1. The molecule has 1 aliphatic rings. The Labute approximate surface area is 103 Å². The van der Waals surface area contributed by atoms with Crippen LogP contribution in [-0.2, 0) is 9.47 Å². The lowest BCUT2D eigenvalue weighted by molar-refractivity contribution is 0.0805. The van der Waals surface area contributed by atoms with E-state index in [4.69, 9.17) is 9.47 Å². The highest BCUT2D eigenvalue weighted by Gasteiger charge is 2.26. The van der Waals surface area contributed by atoms with Crippen molar-refractivity contribution in [1.82, 2.24) is 0 Å². The van der Waals surface area contributed by atoms with E-state index in [-0.39, 0.29) is 12.0 Å². The first-order chi connectivity index (χ1) is 7.95. The predicted octanol–water partition coefficient (Wildman–Crippen LogP) is 4.20. The summed E-state index contributed by atoms with van der Waals surface area (Å²) in [6, 6.07) is 0. The maximum Gasteiger partial charge on any atom is 0.513 e. The summed E-state index contributed by atoms with van der Waals surface area (Å²) in [5, 5.41) is 0. The van der Waals surface area contributed by atoms with Crippen LogP contribution in [0.15, 0.2) is 24.0 Å². The van der Waals surface area contributed by atoms with Crippen molar-refractivity contribution in [2.24, 2.45) is 5.41 Å². The standard InChI is InChI=1S/C14H22O3/c1-5-10-16-13(15)17-12-9-7-6-8-11(12)14(2,3)4/h5H,1,6-10H2,2-4H3. The Hall–Kier alpha value is -1.25. The molecule has 0 aliphatic heterocycles. The van der Waals surface area contributed by atoms with E-state index < -0.39 is 6.16 Å². The van der Waals surface area contributed by atoms with Gasteiger partial charge in [0.05, 0.1) is 0 Å². The summed E-state index contributed by atoms with van der Waals surface area (Å²) in [4.78, 5) is 11.4. The molecule has 0 unspecified atom stereocenters. The molecule has 0 N–H and O–H groups in total. The minimum absolute atomic E-state index is 0.0501. The molecule has 96 valence electrons. The van der Waals surface area contributed by atoms with Gasteiger partial charge in [-0.15, -0.1) is 0 Å². The van der Waals surface area contributed by atoms with Crippen LogP contribution in [0, 0.1) is 5.41 Å². The molecule has 1 aliphatic carbocycles. The molecule has 0 spiro atoms. The molecular formula is C14H22O3. The van der Waals surface area contributed by atoms with Crippen LogP contribution in [0.2, 0.25) is 0 Å². The van der Waals surface area contributed by atoms with Gasteiger partial charge in [0.2, 0.25) is 0 Å². The number of carbonyl (C=O) groups excluding carboxylic acids is 1. The normalized spacial score (nSPS) is 16.6. The lowest BCUT2D eigenvalue weighted by Gasteiger charge is -2.29. The summed E-state index contributed by atoms with van der Waals surface area (Å²) in [6.07, 6.45) is 4.98. The predicted molar refractivity (Wildman–Crippen MR) is 67.6 cm³/mol. The van der Waals surface area contributed by atoms with E-state index in [0.29, 0.717) is 0 Å². The monoisotopic (exact) mass is 238 g/mol. The maximum atomic E-state index is 11.4. The molecule has 3 heteroatoms. The molecule has 0 radical (unpaired) electrons. The summed E-state index contributed by atoms with van der Waals surface area (Å²) in [5.74, 6) is 0.804. The van der Waals surface area contributed by atoms with Crippen molar-refractivity contribution in [3.8, 4) is 0 Å². The Morgan fingerprint density at radius 1 is 1.35 bits per heavy atom. The van der Waals surface area contributed by atoms with Crippen LogP contribution in [0.4, 0.5) is 4.79 Å². The van der Waals surface area contributed by atoms with E-state index in [9.17, 15) is 4.79 Å². The molecular weight excluding hydrogens is 216 g/mol. The van der Waals surface area contributed by atoms with Crippen molar-refractivity contribution in [3.05, 3.63) is 24.0 Å². The lowest BCUT2D eigenvalue weighted by atomic mass is 9.79. The van der Waals surface area contributed by atoms with Crippen LogP contribution in [0.1, 0.15) is 46.5 Å². The van der Waals surface area contributed by atoms with Crippen molar-refractivity contribution in [2.75, 3.05) is 6.61 Å². The van der Waals surface area contributed by atoms with Gasteiger partial charge >= 0.3 is 6.16 Å². The Bertz CT molecular complexity index is 321. The van der Waals surface area contributed by atoms with Crippen molar-refractivity contribution in [3.63, 3.8) is 0 Å². The zero-order valence-corrected chi connectivity index (χ0v) is 11.0. The first-order valence-electron chi connectivity index (χ1n) is 6.13. The Morgan fingerprint density at radius 3 is 2.59 bits per heavy atom. The highest BCUT2D eigenvalue weighted by molar-refractivity contribution is 5.61. The average molecular weight is 238 g/mol. The zero-order valence-electron chi connectivity index (χ0n) is 11.0. The van der Waals surface area contributed by atoms with E-state index in [2.05, 4.69) is 27.4 Å². The van der Waals surface area contributed by atoms with Gasteiger partial charge < -0.3 is 9.47 Å². The second-order valence-electron chi connectivity index (χ2n) is 5.31. The summed E-state index contributed by atoms with van der Waals surface area (Å²) in [6.45, 7) is 10.1. The third-order valence-corrected chi connectivity index (χ3v) is 2.85. The molecule has 0 heterocycles. The highest BCUT2D eigenvalue weighted by Crippen LogP contribution is 2.37. The van der Waals surface area contributed by atoms with Gasteiger partial charge in [-0.3, -0.25) is 0 Å². The fourth-order valence-corrected chi connectivity index (χ4v) is 2.04. The van der Waals surface area contributed by atoms with Crippen molar-refractivity contribution in [2.45, 2.75) is 46.5 Å². The Kier molecular flexibility index (Phi) is 4.79. The van der Waals surface area contributed by atoms with Crippen LogP contribution < -0.4 is 0 Å². The molecule has 17 heavy (non-hydrogen) atoms. The van der Waals surface area contributed by atoms with Crippen LogP contribution >= 0.6 is 0 Å². The van der Waals surface area contributed by atoms with E-state index >= 15 is 0 Å². The maximum absolute atomic E-state index is 11.4. The van der Waals surface area contributed by atoms with Crippen LogP contribution in [-0.4, -0.2) is 12.8 Å². The highest BCUT2D eigenvalue weighted by atomic mass is 16.7. The molecule has 0 aromatic carbocycles. The largest absolute Gasteiger partial charge is 0.513 e. The van der Waals surface area contributed by atoms with Crippen LogP contribution in [0.25, 0.3) is 0 Å². The summed E-state index contributed by atoms with van der Waals surface area (Å²) in [5.41, 5.74) is 1.29. The van der Waals surface area contributed by atoms with Crippen molar-refractivity contribution < 1.29 is 14.3 Å². The molecule has 0 aromatic heterocycles. The first kappa shape index (κ1) is 13.8. The topological polar surface area (TPSA) is 35.5 Å². The van der Waals surface area contributed by atoms with E-state index in [1.54, 1.807) is 0 Å². The number of allylic oxidation sites excluding steroid dienone is 2. The quantitative estimate of drug-likeness (QED) is 0.546. The molecule has 0 atom stereocenters. The molecule has 0 fully saturated rings. The van der Waals surface area contributed by atoms with E-state index in [0.717, 1.165) is 25.0 Å². The Morgan fingerprint density at radius 2 is 2.00 bits per heavy atom. The van der Waals surface area contributed by atoms with Gasteiger partial charge in [0.1, 0.15) is 12.4 Å². The lowest BCUT2D eigenvalue weighted by Crippen LogP contribution is -2.18. The van der Waals surface area contributed by atoms with Gasteiger partial charge in [-0.1, -0.05) is 33.4 Å². The third-order valence-electron chi connectivity index (χ3n) is 2.85. The third kappa shape index (κ3) is 4.25.